The Hall–Kier alpha value is -1.50. The van der Waals surface area contributed by atoms with Crippen LogP contribution in [0.25, 0.3) is 0 Å². The summed E-state index contributed by atoms with van der Waals surface area (Å²) in [5, 5.41) is 2.89. The van der Waals surface area contributed by atoms with Gasteiger partial charge in [-0.05, 0) is 18.6 Å². The normalized spacial score (nSPS) is 19.2. The van der Waals surface area contributed by atoms with E-state index in [-0.39, 0.29) is 5.91 Å². The summed E-state index contributed by atoms with van der Waals surface area (Å²) in [5.74, 6) is -0.0320. The van der Waals surface area contributed by atoms with Gasteiger partial charge in [0, 0.05) is 23.8 Å². The topological polar surface area (TPSA) is 67.6 Å². The van der Waals surface area contributed by atoms with Gasteiger partial charge in [-0.3, -0.25) is 9.69 Å². The second-order valence-corrected chi connectivity index (χ2v) is 5.54. The van der Waals surface area contributed by atoms with Crippen LogP contribution in [0, 0.1) is 0 Å². The van der Waals surface area contributed by atoms with E-state index >= 15 is 0 Å². The summed E-state index contributed by atoms with van der Waals surface area (Å²) in [6.07, 6.45) is 0.976. The lowest BCUT2D eigenvalue weighted by Crippen LogP contribution is -2.48. The summed E-state index contributed by atoms with van der Waals surface area (Å²) in [6.45, 7) is 4.65. The van der Waals surface area contributed by atoms with Crippen molar-refractivity contribution in [3.8, 4) is 0 Å². The third-order valence-corrected chi connectivity index (χ3v) is 3.83. The lowest BCUT2D eigenvalue weighted by Gasteiger charge is -2.34. The Bertz CT molecular complexity index is 521. The van der Waals surface area contributed by atoms with Crippen LogP contribution in [0.5, 0.6) is 0 Å². The van der Waals surface area contributed by atoms with Crippen LogP contribution in [0.4, 0.5) is 5.69 Å². The van der Waals surface area contributed by atoms with Gasteiger partial charge < -0.3 is 15.8 Å². The van der Waals surface area contributed by atoms with Crippen LogP contribution >= 0.6 is 12.2 Å². The molecule has 0 spiro atoms. The number of amides is 1. The highest BCUT2D eigenvalue weighted by atomic mass is 32.1. The monoisotopic (exact) mass is 307 g/mol. The molecule has 1 aliphatic heterocycles. The lowest BCUT2D eigenvalue weighted by molar-refractivity contribution is -0.119. The summed E-state index contributed by atoms with van der Waals surface area (Å²) in [7, 11) is 0. The van der Waals surface area contributed by atoms with Crippen LogP contribution in [0.1, 0.15) is 18.9 Å². The van der Waals surface area contributed by atoms with Crippen LogP contribution in [0.2, 0.25) is 0 Å². The molecule has 5 nitrogen and oxygen atoms in total. The molecule has 1 unspecified atom stereocenters. The molecule has 1 aromatic carbocycles. The van der Waals surface area contributed by atoms with E-state index in [9.17, 15) is 4.79 Å². The largest absolute Gasteiger partial charge is 0.389 e. The van der Waals surface area contributed by atoms with Gasteiger partial charge >= 0.3 is 0 Å². The summed E-state index contributed by atoms with van der Waals surface area (Å²) >= 11 is 4.94. The number of hydrogen-bond donors (Lipinski definition) is 2. The molecule has 0 bridgehead atoms. The molecule has 6 heteroatoms. The average molecular weight is 307 g/mol. The fourth-order valence-electron chi connectivity index (χ4n) is 2.41. The minimum absolute atomic E-state index is 0.0320. The number of rotatable bonds is 5. The van der Waals surface area contributed by atoms with E-state index in [0.717, 1.165) is 18.5 Å². The number of benzene rings is 1. The van der Waals surface area contributed by atoms with Crippen molar-refractivity contribution >= 4 is 28.8 Å². The van der Waals surface area contributed by atoms with Crippen molar-refractivity contribution in [2.45, 2.75) is 19.4 Å². The van der Waals surface area contributed by atoms with E-state index in [4.69, 9.17) is 22.7 Å². The summed E-state index contributed by atoms with van der Waals surface area (Å²) in [5.41, 5.74) is 7.06. The summed E-state index contributed by atoms with van der Waals surface area (Å²) < 4.78 is 5.44. The number of nitrogens with two attached hydrogens (primary N) is 1. The van der Waals surface area contributed by atoms with Crippen molar-refractivity contribution in [3.63, 3.8) is 0 Å². The molecule has 1 heterocycles. The van der Waals surface area contributed by atoms with Crippen molar-refractivity contribution < 1.29 is 9.53 Å². The predicted molar refractivity (Wildman–Crippen MR) is 87.4 cm³/mol. The number of carbonyl (C=O) groups excluding carboxylic acids is 1. The second kappa shape index (κ2) is 7.49. The van der Waals surface area contributed by atoms with Crippen molar-refractivity contribution in [1.29, 1.82) is 0 Å². The fraction of sp³-hybridized carbons (Fsp3) is 0.467. The zero-order valence-corrected chi connectivity index (χ0v) is 13.0. The maximum atomic E-state index is 12.2. The number of nitrogens with zero attached hydrogens (tertiary/aromatic N) is 1. The first-order valence-corrected chi connectivity index (χ1v) is 7.52. The Morgan fingerprint density at radius 3 is 3.10 bits per heavy atom. The molecule has 1 amide bonds. The first-order chi connectivity index (χ1) is 10.1. The van der Waals surface area contributed by atoms with E-state index in [2.05, 4.69) is 17.1 Å². The molecule has 1 atom stereocenters. The molecule has 21 heavy (non-hydrogen) atoms. The number of thiocarbonyl (C=S) groups is 1. The van der Waals surface area contributed by atoms with E-state index in [1.165, 1.54) is 0 Å². The highest BCUT2D eigenvalue weighted by Gasteiger charge is 2.23. The molecule has 1 aromatic rings. The van der Waals surface area contributed by atoms with Gasteiger partial charge in [0.05, 0.1) is 19.8 Å². The molecule has 0 aliphatic carbocycles. The predicted octanol–water partition coefficient (Wildman–Crippen LogP) is 1.37. The standard InChI is InChI=1S/C15H21N3O2S/c1-2-13-10-20-7-6-18(13)9-14(19)17-12-5-3-4-11(8-12)15(16)21/h3-5,8,13H,2,6-7,9-10H2,1H3,(H2,16,21)(H,17,19). The number of morpholine rings is 1. The lowest BCUT2D eigenvalue weighted by atomic mass is 10.1. The van der Waals surface area contributed by atoms with Gasteiger partial charge in [0.25, 0.3) is 0 Å². The van der Waals surface area contributed by atoms with Gasteiger partial charge in [0.2, 0.25) is 5.91 Å². The Labute approximate surface area is 130 Å². The summed E-state index contributed by atoms with van der Waals surface area (Å²) in [6, 6.07) is 7.58. The maximum absolute atomic E-state index is 12.2. The smallest absolute Gasteiger partial charge is 0.238 e. The maximum Gasteiger partial charge on any atom is 0.238 e. The molecule has 1 aliphatic rings. The zero-order valence-electron chi connectivity index (χ0n) is 12.2. The third kappa shape index (κ3) is 4.49. The Morgan fingerprint density at radius 2 is 2.38 bits per heavy atom. The molecule has 0 aromatic heterocycles. The third-order valence-electron chi connectivity index (χ3n) is 3.60. The highest BCUT2D eigenvalue weighted by molar-refractivity contribution is 7.80. The van der Waals surface area contributed by atoms with Crippen LogP contribution in [0.15, 0.2) is 24.3 Å². The van der Waals surface area contributed by atoms with E-state index in [0.29, 0.717) is 36.5 Å². The molecular weight excluding hydrogens is 286 g/mol. The number of nitrogens with one attached hydrogen (secondary N) is 1. The van der Waals surface area contributed by atoms with Crippen LogP contribution < -0.4 is 11.1 Å². The average Bonchev–Trinajstić information content (AvgIpc) is 2.48. The van der Waals surface area contributed by atoms with Crippen LogP contribution in [0.3, 0.4) is 0 Å². The van der Waals surface area contributed by atoms with Gasteiger partial charge in [0.15, 0.2) is 0 Å². The van der Waals surface area contributed by atoms with Gasteiger partial charge in [-0.15, -0.1) is 0 Å². The van der Waals surface area contributed by atoms with Gasteiger partial charge in [-0.2, -0.15) is 0 Å². The van der Waals surface area contributed by atoms with Crippen molar-refractivity contribution in [1.82, 2.24) is 4.90 Å². The van der Waals surface area contributed by atoms with Crippen molar-refractivity contribution in [2.75, 3.05) is 31.6 Å². The Balaban J connectivity index is 1.95. The number of ether oxygens (including phenoxy) is 1. The molecule has 114 valence electrons. The van der Waals surface area contributed by atoms with Crippen LogP contribution in [-0.4, -0.2) is 48.1 Å². The van der Waals surface area contributed by atoms with Gasteiger partial charge in [-0.25, -0.2) is 0 Å². The molecule has 0 radical (unpaired) electrons. The van der Waals surface area contributed by atoms with Gasteiger partial charge in [-0.1, -0.05) is 31.3 Å². The minimum atomic E-state index is -0.0320. The SMILES string of the molecule is CCC1COCCN1CC(=O)Nc1cccc(C(N)=S)c1. The molecular formula is C15H21N3O2S. The Morgan fingerprint density at radius 1 is 1.57 bits per heavy atom. The van der Waals surface area contributed by atoms with E-state index in [1.807, 2.05) is 18.2 Å². The quantitative estimate of drug-likeness (QED) is 0.804. The van der Waals surface area contributed by atoms with E-state index in [1.54, 1.807) is 6.07 Å². The number of carbonyl (C=O) groups is 1. The van der Waals surface area contributed by atoms with Crippen LogP contribution in [-0.2, 0) is 9.53 Å². The Kier molecular flexibility index (Phi) is 5.67. The number of hydrogen-bond acceptors (Lipinski definition) is 4. The molecule has 1 fully saturated rings. The minimum Gasteiger partial charge on any atom is -0.389 e. The fourth-order valence-corrected chi connectivity index (χ4v) is 2.54. The molecule has 3 N–H and O–H groups in total. The number of anilines is 1. The van der Waals surface area contributed by atoms with Crippen molar-refractivity contribution in [3.05, 3.63) is 29.8 Å². The second-order valence-electron chi connectivity index (χ2n) is 5.10. The van der Waals surface area contributed by atoms with E-state index < -0.39 is 0 Å². The first-order valence-electron chi connectivity index (χ1n) is 7.11. The molecule has 0 saturated carbocycles. The molecule has 2 rings (SSSR count). The first kappa shape index (κ1) is 15.9. The highest BCUT2D eigenvalue weighted by Crippen LogP contribution is 2.13. The van der Waals surface area contributed by atoms with Gasteiger partial charge in [0.1, 0.15) is 4.99 Å². The molecule has 1 saturated heterocycles. The summed E-state index contributed by atoms with van der Waals surface area (Å²) in [4.78, 5) is 14.7. The zero-order chi connectivity index (χ0) is 15.2. The van der Waals surface area contributed by atoms with Crippen molar-refractivity contribution in [2.24, 2.45) is 5.73 Å².